The highest BCUT2D eigenvalue weighted by molar-refractivity contribution is 8.00. The van der Waals surface area contributed by atoms with E-state index in [9.17, 15) is 9.59 Å². The van der Waals surface area contributed by atoms with Gasteiger partial charge in [-0.2, -0.15) is 0 Å². The molecule has 23 heavy (non-hydrogen) atoms. The molecule has 1 aliphatic carbocycles. The maximum atomic E-state index is 12.0. The number of amides is 1. The molecule has 0 heterocycles. The van der Waals surface area contributed by atoms with E-state index in [-0.39, 0.29) is 24.5 Å². The minimum atomic E-state index is -0.797. The highest BCUT2D eigenvalue weighted by Gasteiger charge is 2.34. The van der Waals surface area contributed by atoms with Crippen LogP contribution in [-0.2, 0) is 9.59 Å². The molecule has 5 nitrogen and oxygen atoms in total. The zero-order valence-corrected chi connectivity index (χ0v) is 14.4. The number of nitrogens with one attached hydrogen (secondary N) is 1. The molecule has 6 heteroatoms. The largest absolute Gasteiger partial charge is 0.480 e. The third kappa shape index (κ3) is 5.55. The van der Waals surface area contributed by atoms with Crippen LogP contribution in [0, 0.1) is 6.92 Å². The van der Waals surface area contributed by atoms with Crippen molar-refractivity contribution < 1.29 is 14.7 Å². The molecule has 0 atom stereocenters. The molecule has 126 valence electrons. The molecule has 1 amide bonds. The first-order valence-corrected chi connectivity index (χ1v) is 8.91. The number of carboxylic acid groups (broad SMARTS) is 1. The molecule has 2 rings (SSSR count). The second kappa shape index (κ2) is 8.36. The van der Waals surface area contributed by atoms with Crippen molar-refractivity contribution in [2.75, 3.05) is 18.8 Å². The lowest BCUT2D eigenvalue weighted by atomic mass is 9.85. The van der Waals surface area contributed by atoms with Crippen LogP contribution in [-0.4, -0.2) is 52.8 Å². The van der Waals surface area contributed by atoms with Crippen molar-refractivity contribution in [2.24, 2.45) is 0 Å². The van der Waals surface area contributed by atoms with E-state index in [1.165, 1.54) is 17.3 Å². The molecule has 1 aromatic rings. The topological polar surface area (TPSA) is 69.6 Å². The number of carboxylic acids is 1. The van der Waals surface area contributed by atoms with Crippen molar-refractivity contribution in [1.82, 2.24) is 10.2 Å². The molecule has 0 aliphatic heterocycles. The number of hydrogen-bond acceptors (Lipinski definition) is 4. The van der Waals surface area contributed by atoms with Gasteiger partial charge in [0.2, 0.25) is 5.91 Å². The van der Waals surface area contributed by atoms with Gasteiger partial charge in [0.05, 0.1) is 12.3 Å². The first-order valence-electron chi connectivity index (χ1n) is 7.92. The van der Waals surface area contributed by atoms with Crippen LogP contribution in [0.5, 0.6) is 0 Å². The fourth-order valence-corrected chi connectivity index (χ4v) is 3.44. The summed E-state index contributed by atoms with van der Waals surface area (Å²) in [6.07, 6.45) is 1.67. The molecule has 0 bridgehead atoms. The Morgan fingerprint density at radius 3 is 2.52 bits per heavy atom. The minimum Gasteiger partial charge on any atom is -0.480 e. The number of aryl methyl sites for hydroxylation is 1. The predicted octanol–water partition coefficient (Wildman–Crippen LogP) is 2.14. The Morgan fingerprint density at radius 1 is 1.30 bits per heavy atom. The quantitative estimate of drug-likeness (QED) is 0.712. The lowest BCUT2D eigenvalue weighted by molar-refractivity contribution is -0.139. The van der Waals surface area contributed by atoms with Gasteiger partial charge in [-0.05, 0) is 38.4 Å². The highest BCUT2D eigenvalue weighted by atomic mass is 32.2. The Morgan fingerprint density at radius 2 is 1.96 bits per heavy atom. The fraction of sp³-hybridized carbons (Fsp3) is 0.529. The fourth-order valence-electron chi connectivity index (χ4n) is 2.73. The lowest BCUT2D eigenvalue weighted by Gasteiger charge is -2.42. The van der Waals surface area contributed by atoms with E-state index in [4.69, 9.17) is 5.11 Å². The number of nitrogens with zero attached hydrogens (tertiary/aromatic N) is 1. The number of carbonyl (C=O) groups is 2. The molecule has 0 saturated heterocycles. The third-order valence-electron chi connectivity index (χ3n) is 4.13. The molecule has 0 unspecified atom stereocenters. The molecule has 0 spiro atoms. The van der Waals surface area contributed by atoms with Crippen molar-refractivity contribution in [3.05, 3.63) is 29.8 Å². The monoisotopic (exact) mass is 336 g/mol. The van der Waals surface area contributed by atoms with E-state index in [0.29, 0.717) is 5.75 Å². The molecule has 2 N–H and O–H groups in total. The second-order valence-corrected chi connectivity index (χ2v) is 7.00. The van der Waals surface area contributed by atoms with Gasteiger partial charge in [-0.15, -0.1) is 11.8 Å². The molecule has 0 aromatic heterocycles. The van der Waals surface area contributed by atoms with Crippen LogP contribution in [0.1, 0.15) is 25.3 Å². The number of likely N-dealkylation sites (N-methyl/N-ethyl adjacent to an activating group) is 1. The van der Waals surface area contributed by atoms with Crippen molar-refractivity contribution >= 4 is 23.6 Å². The molecule has 1 fully saturated rings. The van der Waals surface area contributed by atoms with Gasteiger partial charge in [0, 0.05) is 17.0 Å². The van der Waals surface area contributed by atoms with Gasteiger partial charge in [-0.1, -0.05) is 24.6 Å². The molecule has 1 aromatic carbocycles. The number of aliphatic carboxylic acids is 1. The van der Waals surface area contributed by atoms with E-state index in [1.54, 1.807) is 0 Å². The van der Waals surface area contributed by atoms with E-state index in [2.05, 4.69) is 5.32 Å². The van der Waals surface area contributed by atoms with Crippen molar-refractivity contribution in [1.29, 1.82) is 0 Å². The number of rotatable bonds is 8. The average Bonchev–Trinajstić information content (AvgIpc) is 2.47. The van der Waals surface area contributed by atoms with Gasteiger partial charge in [0.15, 0.2) is 0 Å². The summed E-state index contributed by atoms with van der Waals surface area (Å²) in [4.78, 5) is 25.8. The maximum absolute atomic E-state index is 12.0. The number of hydrogen-bond donors (Lipinski definition) is 2. The van der Waals surface area contributed by atoms with Gasteiger partial charge in [0.1, 0.15) is 0 Å². The van der Waals surface area contributed by atoms with Crippen LogP contribution >= 0.6 is 11.8 Å². The van der Waals surface area contributed by atoms with Crippen LogP contribution < -0.4 is 5.32 Å². The Kier molecular flexibility index (Phi) is 6.47. The zero-order chi connectivity index (χ0) is 16.8. The van der Waals surface area contributed by atoms with E-state index in [0.717, 1.165) is 24.3 Å². The van der Waals surface area contributed by atoms with Crippen LogP contribution in [0.3, 0.4) is 0 Å². The van der Waals surface area contributed by atoms with Crippen molar-refractivity contribution in [2.45, 2.75) is 43.7 Å². The summed E-state index contributed by atoms with van der Waals surface area (Å²) in [5.74, 6) is -0.342. The van der Waals surface area contributed by atoms with Crippen molar-refractivity contribution in [3.63, 3.8) is 0 Å². The van der Waals surface area contributed by atoms with Gasteiger partial charge in [-0.3, -0.25) is 14.5 Å². The smallest absolute Gasteiger partial charge is 0.317 e. The molecule has 1 saturated carbocycles. The lowest BCUT2D eigenvalue weighted by Crippen LogP contribution is -2.55. The van der Waals surface area contributed by atoms with Crippen molar-refractivity contribution in [3.8, 4) is 0 Å². The summed E-state index contributed by atoms with van der Waals surface area (Å²) in [6.45, 7) is 4.80. The van der Waals surface area contributed by atoms with Crippen LogP contribution in [0.2, 0.25) is 0 Å². The summed E-state index contributed by atoms with van der Waals surface area (Å²) >= 11 is 1.53. The first-order chi connectivity index (χ1) is 11.0. The van der Waals surface area contributed by atoms with Crippen LogP contribution in [0.25, 0.3) is 0 Å². The summed E-state index contributed by atoms with van der Waals surface area (Å²) in [5, 5.41) is 11.9. The summed E-state index contributed by atoms with van der Waals surface area (Å²) in [6, 6.07) is 8.58. The Bertz CT molecular complexity index is 541. The maximum Gasteiger partial charge on any atom is 0.317 e. The summed E-state index contributed by atoms with van der Waals surface area (Å²) < 4.78 is 0. The molecule has 1 aliphatic rings. The predicted molar refractivity (Wildman–Crippen MR) is 91.7 cm³/mol. The van der Waals surface area contributed by atoms with Crippen LogP contribution in [0.15, 0.2) is 29.2 Å². The summed E-state index contributed by atoms with van der Waals surface area (Å²) in [7, 11) is 0. The van der Waals surface area contributed by atoms with Gasteiger partial charge < -0.3 is 10.4 Å². The first kappa shape index (κ1) is 17.8. The van der Waals surface area contributed by atoms with E-state index >= 15 is 0 Å². The molecular weight excluding hydrogens is 312 g/mol. The number of carbonyl (C=O) groups excluding carboxylic acids is 1. The zero-order valence-electron chi connectivity index (χ0n) is 13.6. The Hall–Kier alpha value is -1.53. The average molecular weight is 336 g/mol. The minimum absolute atomic E-state index is 0.0420. The number of benzene rings is 1. The van der Waals surface area contributed by atoms with Gasteiger partial charge in [-0.25, -0.2) is 0 Å². The van der Waals surface area contributed by atoms with Gasteiger partial charge in [0.25, 0.3) is 0 Å². The SMILES string of the molecule is CCN(CC(=O)O)C1CC(NC(=O)CSc2ccc(C)cc2)C1. The third-order valence-corrected chi connectivity index (χ3v) is 5.14. The Labute approximate surface area is 141 Å². The standard InChI is InChI=1S/C17H24N2O3S/c1-3-19(10-17(21)22)14-8-13(9-14)18-16(20)11-23-15-6-4-12(2)5-7-15/h4-7,13-14H,3,8-11H2,1-2H3,(H,18,20)(H,21,22). The molecule has 0 radical (unpaired) electrons. The van der Waals surface area contributed by atoms with E-state index < -0.39 is 5.97 Å². The highest BCUT2D eigenvalue weighted by Crippen LogP contribution is 2.26. The van der Waals surface area contributed by atoms with E-state index in [1.807, 2.05) is 43.0 Å². The summed E-state index contributed by atoms with van der Waals surface area (Å²) in [5.41, 5.74) is 1.21. The van der Waals surface area contributed by atoms with Crippen LogP contribution in [0.4, 0.5) is 0 Å². The second-order valence-electron chi connectivity index (χ2n) is 5.95. The van der Waals surface area contributed by atoms with Gasteiger partial charge >= 0.3 is 5.97 Å². The normalized spacial score (nSPS) is 20.1. The Balaban J connectivity index is 1.67. The molecular formula is C17H24N2O3S. The number of thioether (sulfide) groups is 1.